The van der Waals surface area contributed by atoms with Gasteiger partial charge in [-0.1, -0.05) is 13.8 Å². The van der Waals surface area contributed by atoms with E-state index in [0.29, 0.717) is 28.9 Å². The highest BCUT2D eigenvalue weighted by Crippen LogP contribution is 2.25. The summed E-state index contributed by atoms with van der Waals surface area (Å²) in [5, 5.41) is 22.8. The maximum absolute atomic E-state index is 12.1. The fourth-order valence-electron chi connectivity index (χ4n) is 2.32. The monoisotopic (exact) mass is 289 g/mol. The topological polar surface area (TPSA) is 89.2 Å². The van der Waals surface area contributed by atoms with Crippen molar-refractivity contribution in [3.05, 3.63) is 35.3 Å². The SMILES string of the molecule is COc1ccc2nc(CC(C)(C)CC(=O)[O-])c[n+]([O-])c2c1. The number of carboxylic acid groups (broad SMARTS) is 1. The van der Waals surface area contributed by atoms with Gasteiger partial charge in [0.2, 0.25) is 11.7 Å². The lowest BCUT2D eigenvalue weighted by Crippen LogP contribution is -2.32. The third-order valence-electron chi connectivity index (χ3n) is 3.23. The van der Waals surface area contributed by atoms with Gasteiger partial charge in [-0.25, -0.2) is 4.98 Å². The minimum Gasteiger partial charge on any atom is -0.618 e. The summed E-state index contributed by atoms with van der Waals surface area (Å²) < 4.78 is 5.81. The van der Waals surface area contributed by atoms with Gasteiger partial charge in [0.15, 0.2) is 0 Å². The van der Waals surface area contributed by atoms with Crippen LogP contribution in [0.25, 0.3) is 11.0 Å². The van der Waals surface area contributed by atoms with Crippen molar-refractivity contribution in [1.82, 2.24) is 4.98 Å². The fraction of sp³-hybridized carbons (Fsp3) is 0.400. The molecular formula is C15H17N2O4-. The molecule has 0 aliphatic heterocycles. The largest absolute Gasteiger partial charge is 0.618 e. The van der Waals surface area contributed by atoms with E-state index in [2.05, 4.69) is 4.98 Å². The highest BCUT2D eigenvalue weighted by atomic mass is 16.5. The number of nitrogens with zero attached hydrogens (tertiary/aromatic N) is 2. The molecule has 6 nitrogen and oxygen atoms in total. The molecule has 1 heterocycles. The number of rotatable bonds is 5. The van der Waals surface area contributed by atoms with E-state index in [1.807, 2.05) is 0 Å². The average molecular weight is 289 g/mol. The molecule has 0 aliphatic rings. The molecule has 6 heteroatoms. The van der Waals surface area contributed by atoms with Crippen molar-refractivity contribution in [1.29, 1.82) is 0 Å². The Kier molecular flexibility index (Phi) is 3.97. The van der Waals surface area contributed by atoms with E-state index >= 15 is 0 Å². The number of ether oxygens (including phenoxy) is 1. The van der Waals surface area contributed by atoms with Gasteiger partial charge >= 0.3 is 0 Å². The van der Waals surface area contributed by atoms with Gasteiger partial charge < -0.3 is 19.8 Å². The van der Waals surface area contributed by atoms with Gasteiger partial charge in [-0.05, 0) is 24.0 Å². The van der Waals surface area contributed by atoms with Crippen LogP contribution in [0.5, 0.6) is 5.75 Å². The average Bonchev–Trinajstić information content (AvgIpc) is 2.36. The standard InChI is InChI=1S/C15H18N2O4/c1-15(2,8-14(18)19)7-10-9-17(20)13-6-11(21-3)4-5-12(13)16-10/h4-6,9H,7-8H2,1-3H3,(H,18,19)/p-1. The number of fused-ring (bicyclic) bond motifs is 1. The first-order chi connectivity index (χ1) is 9.80. The van der Waals surface area contributed by atoms with Crippen LogP contribution in [0.15, 0.2) is 24.4 Å². The number of aliphatic carboxylic acids is 1. The molecule has 1 aromatic carbocycles. The van der Waals surface area contributed by atoms with E-state index in [1.54, 1.807) is 32.0 Å². The van der Waals surface area contributed by atoms with Gasteiger partial charge in [-0.2, -0.15) is 4.73 Å². The van der Waals surface area contributed by atoms with Crippen LogP contribution in [0.3, 0.4) is 0 Å². The van der Waals surface area contributed by atoms with Gasteiger partial charge in [-0.15, -0.1) is 0 Å². The number of carboxylic acids is 1. The van der Waals surface area contributed by atoms with Crippen LogP contribution in [0.4, 0.5) is 0 Å². The Balaban J connectivity index is 2.36. The van der Waals surface area contributed by atoms with Gasteiger partial charge in [0, 0.05) is 12.4 Å². The first kappa shape index (κ1) is 15.0. The molecule has 0 bridgehead atoms. The Labute approximate surface area is 122 Å². The maximum atomic E-state index is 12.1. The lowest BCUT2D eigenvalue weighted by atomic mass is 9.84. The van der Waals surface area contributed by atoms with Gasteiger partial charge in [-0.3, -0.25) is 0 Å². The number of carbonyl (C=O) groups is 1. The maximum Gasteiger partial charge on any atom is 0.246 e. The predicted octanol–water partition coefficient (Wildman–Crippen LogP) is 0.586. The Morgan fingerprint density at radius 2 is 2.14 bits per heavy atom. The van der Waals surface area contributed by atoms with E-state index < -0.39 is 11.4 Å². The minimum atomic E-state index is -1.11. The van der Waals surface area contributed by atoms with E-state index in [4.69, 9.17) is 4.74 Å². The van der Waals surface area contributed by atoms with Crippen LogP contribution in [0.1, 0.15) is 26.0 Å². The molecule has 2 rings (SSSR count). The van der Waals surface area contributed by atoms with Crippen LogP contribution >= 0.6 is 0 Å². The summed E-state index contributed by atoms with van der Waals surface area (Å²) in [6.07, 6.45) is 1.66. The van der Waals surface area contributed by atoms with Crippen LogP contribution in [0.2, 0.25) is 0 Å². The highest BCUT2D eigenvalue weighted by molar-refractivity contribution is 5.73. The molecule has 0 atom stereocenters. The summed E-state index contributed by atoms with van der Waals surface area (Å²) in [6, 6.07) is 5.05. The quantitative estimate of drug-likeness (QED) is 0.593. The first-order valence-electron chi connectivity index (χ1n) is 6.57. The van der Waals surface area contributed by atoms with Gasteiger partial charge in [0.05, 0.1) is 13.2 Å². The van der Waals surface area contributed by atoms with Crippen molar-refractivity contribution in [2.24, 2.45) is 5.41 Å². The molecule has 0 saturated heterocycles. The Morgan fingerprint density at radius 1 is 1.43 bits per heavy atom. The van der Waals surface area contributed by atoms with Gasteiger partial charge in [0.1, 0.15) is 17.0 Å². The molecule has 0 saturated carbocycles. The molecule has 0 radical (unpaired) electrons. The Morgan fingerprint density at radius 3 is 2.76 bits per heavy atom. The molecule has 21 heavy (non-hydrogen) atoms. The summed E-state index contributed by atoms with van der Waals surface area (Å²) >= 11 is 0. The van der Waals surface area contributed by atoms with Crippen molar-refractivity contribution in [3.8, 4) is 5.75 Å². The van der Waals surface area contributed by atoms with Crippen molar-refractivity contribution in [2.75, 3.05) is 7.11 Å². The van der Waals surface area contributed by atoms with E-state index in [1.165, 1.54) is 13.3 Å². The molecule has 1 aromatic heterocycles. The van der Waals surface area contributed by atoms with Crippen LogP contribution in [-0.2, 0) is 11.2 Å². The van der Waals surface area contributed by atoms with E-state index in [0.717, 1.165) is 4.73 Å². The normalized spacial score (nSPS) is 11.6. The number of aromatic nitrogens is 2. The van der Waals surface area contributed by atoms with Crippen molar-refractivity contribution < 1.29 is 19.4 Å². The zero-order valence-electron chi connectivity index (χ0n) is 12.3. The Bertz CT molecular complexity index is 683. The number of methoxy groups -OCH3 is 1. The van der Waals surface area contributed by atoms with Crippen molar-refractivity contribution in [3.63, 3.8) is 0 Å². The molecule has 0 spiro atoms. The molecule has 0 fully saturated rings. The third kappa shape index (κ3) is 3.59. The predicted molar refractivity (Wildman–Crippen MR) is 74.4 cm³/mol. The lowest BCUT2D eigenvalue weighted by Gasteiger charge is -2.24. The molecule has 112 valence electrons. The summed E-state index contributed by atoms with van der Waals surface area (Å²) in [7, 11) is 1.53. The summed E-state index contributed by atoms with van der Waals surface area (Å²) in [5.74, 6) is -0.528. The summed E-state index contributed by atoms with van der Waals surface area (Å²) in [4.78, 5) is 15.2. The van der Waals surface area contributed by atoms with E-state index in [-0.39, 0.29) is 6.42 Å². The zero-order valence-corrected chi connectivity index (χ0v) is 12.3. The number of hydrogen-bond donors (Lipinski definition) is 0. The molecule has 2 aromatic rings. The van der Waals surface area contributed by atoms with Crippen molar-refractivity contribution in [2.45, 2.75) is 26.7 Å². The molecule has 0 unspecified atom stereocenters. The minimum absolute atomic E-state index is 0.0891. The number of benzene rings is 1. The number of hydrogen-bond acceptors (Lipinski definition) is 5. The van der Waals surface area contributed by atoms with Crippen LogP contribution in [0, 0.1) is 10.6 Å². The fourth-order valence-corrected chi connectivity index (χ4v) is 2.32. The second kappa shape index (κ2) is 5.55. The van der Waals surface area contributed by atoms with E-state index in [9.17, 15) is 15.1 Å². The second-order valence-corrected chi connectivity index (χ2v) is 5.80. The molecule has 0 N–H and O–H groups in total. The van der Waals surface area contributed by atoms with Crippen LogP contribution < -0.4 is 14.6 Å². The second-order valence-electron chi connectivity index (χ2n) is 5.80. The third-order valence-corrected chi connectivity index (χ3v) is 3.23. The van der Waals surface area contributed by atoms with Crippen molar-refractivity contribution >= 4 is 17.0 Å². The zero-order chi connectivity index (χ0) is 15.6. The first-order valence-corrected chi connectivity index (χ1v) is 6.57. The highest BCUT2D eigenvalue weighted by Gasteiger charge is 2.22. The Hall–Kier alpha value is -2.37. The smallest absolute Gasteiger partial charge is 0.246 e. The molecule has 0 amide bonds. The molecule has 0 aliphatic carbocycles. The van der Waals surface area contributed by atoms with Gasteiger partial charge in [0.25, 0.3) is 0 Å². The lowest BCUT2D eigenvalue weighted by molar-refractivity contribution is -0.578. The molecular weight excluding hydrogens is 272 g/mol. The summed E-state index contributed by atoms with van der Waals surface area (Å²) in [5.41, 5.74) is 0.983. The van der Waals surface area contributed by atoms with Crippen LogP contribution in [-0.4, -0.2) is 18.1 Å². The summed E-state index contributed by atoms with van der Waals surface area (Å²) in [6.45, 7) is 3.61. The number of carbonyl (C=O) groups excluding carboxylic acids is 1.